The molecule has 1 aromatic rings. The first-order chi connectivity index (χ1) is 9.04. The molecule has 0 saturated heterocycles. The monoisotopic (exact) mass is 272 g/mol. The highest BCUT2D eigenvalue weighted by Gasteiger charge is 2.14. The lowest BCUT2D eigenvalue weighted by Gasteiger charge is -2.15. The number of nitrogens with one attached hydrogen (secondary N) is 2. The maximum Gasteiger partial charge on any atom is 0.242 e. The van der Waals surface area contributed by atoms with Crippen LogP contribution in [0.2, 0.25) is 0 Å². The van der Waals surface area contributed by atoms with Crippen molar-refractivity contribution in [2.24, 2.45) is 0 Å². The van der Waals surface area contributed by atoms with Gasteiger partial charge in [-0.3, -0.25) is 4.79 Å². The Morgan fingerprint density at radius 3 is 2.79 bits per heavy atom. The minimum absolute atomic E-state index is 0.0981. The highest BCUT2D eigenvalue weighted by atomic mass is 19.1. The summed E-state index contributed by atoms with van der Waals surface area (Å²) < 4.78 is 31.0. The number of carbonyl (C=O) groups is 1. The topological polar surface area (TPSA) is 50.4 Å². The van der Waals surface area contributed by atoms with Gasteiger partial charge in [0.2, 0.25) is 5.91 Å². The first-order valence-electron chi connectivity index (χ1n) is 6.03. The number of rotatable bonds is 7. The van der Waals surface area contributed by atoms with E-state index in [4.69, 9.17) is 4.74 Å². The fourth-order valence-electron chi connectivity index (χ4n) is 1.49. The molecule has 1 unspecified atom stereocenters. The number of halogens is 2. The van der Waals surface area contributed by atoms with E-state index in [0.717, 1.165) is 12.1 Å². The SMILES string of the molecule is COCCCNC(=O)C(C)Nc1ccc(F)cc1F. The molecule has 106 valence electrons. The van der Waals surface area contributed by atoms with Crippen LogP contribution in [0.4, 0.5) is 14.5 Å². The summed E-state index contributed by atoms with van der Waals surface area (Å²) in [6, 6.07) is 2.56. The molecule has 0 radical (unpaired) electrons. The summed E-state index contributed by atoms with van der Waals surface area (Å²) in [7, 11) is 1.59. The van der Waals surface area contributed by atoms with Gasteiger partial charge in [0.25, 0.3) is 0 Å². The van der Waals surface area contributed by atoms with Crippen LogP contribution in [0.1, 0.15) is 13.3 Å². The van der Waals surface area contributed by atoms with Crippen LogP contribution < -0.4 is 10.6 Å². The first-order valence-corrected chi connectivity index (χ1v) is 6.03. The number of hydrogen-bond acceptors (Lipinski definition) is 3. The van der Waals surface area contributed by atoms with Gasteiger partial charge < -0.3 is 15.4 Å². The normalized spacial score (nSPS) is 12.0. The van der Waals surface area contributed by atoms with Crippen LogP contribution in [0.5, 0.6) is 0 Å². The van der Waals surface area contributed by atoms with Gasteiger partial charge in [0.15, 0.2) is 0 Å². The Kier molecular flexibility index (Phi) is 6.21. The van der Waals surface area contributed by atoms with Crippen LogP contribution in [0.15, 0.2) is 18.2 Å². The largest absolute Gasteiger partial charge is 0.385 e. The van der Waals surface area contributed by atoms with Gasteiger partial charge in [0.05, 0.1) is 5.69 Å². The lowest BCUT2D eigenvalue weighted by molar-refractivity contribution is -0.121. The summed E-state index contributed by atoms with van der Waals surface area (Å²) in [5, 5.41) is 5.38. The number of amides is 1. The zero-order chi connectivity index (χ0) is 14.3. The lowest BCUT2D eigenvalue weighted by Crippen LogP contribution is -2.38. The molecule has 0 aliphatic rings. The average molecular weight is 272 g/mol. The Morgan fingerprint density at radius 2 is 2.16 bits per heavy atom. The second-order valence-corrected chi connectivity index (χ2v) is 4.13. The third-order valence-corrected chi connectivity index (χ3v) is 2.52. The molecule has 1 atom stereocenters. The van der Waals surface area contributed by atoms with Gasteiger partial charge in [-0.25, -0.2) is 8.78 Å². The predicted octanol–water partition coefficient (Wildman–Crippen LogP) is 1.92. The van der Waals surface area contributed by atoms with E-state index in [0.29, 0.717) is 19.6 Å². The van der Waals surface area contributed by atoms with Crippen LogP contribution in [0.3, 0.4) is 0 Å². The lowest BCUT2D eigenvalue weighted by atomic mass is 10.2. The zero-order valence-corrected chi connectivity index (χ0v) is 11.0. The van der Waals surface area contributed by atoms with Crippen LogP contribution in [0.25, 0.3) is 0 Å². The van der Waals surface area contributed by atoms with Gasteiger partial charge in [0, 0.05) is 26.3 Å². The van der Waals surface area contributed by atoms with Gasteiger partial charge in [-0.2, -0.15) is 0 Å². The summed E-state index contributed by atoms with van der Waals surface area (Å²) in [5.41, 5.74) is 0.0981. The van der Waals surface area contributed by atoms with Gasteiger partial charge in [-0.15, -0.1) is 0 Å². The van der Waals surface area contributed by atoms with E-state index in [9.17, 15) is 13.6 Å². The average Bonchev–Trinajstić information content (AvgIpc) is 2.37. The van der Waals surface area contributed by atoms with E-state index in [1.807, 2.05) is 0 Å². The number of carbonyl (C=O) groups excluding carboxylic acids is 1. The van der Waals surface area contributed by atoms with E-state index in [2.05, 4.69) is 10.6 Å². The van der Waals surface area contributed by atoms with Crippen molar-refractivity contribution in [2.45, 2.75) is 19.4 Å². The van der Waals surface area contributed by atoms with Crippen LogP contribution in [-0.4, -0.2) is 32.2 Å². The number of anilines is 1. The molecule has 1 amide bonds. The summed E-state index contributed by atoms with van der Waals surface area (Å²) >= 11 is 0. The Bertz CT molecular complexity index is 427. The van der Waals surface area contributed by atoms with Gasteiger partial charge in [-0.1, -0.05) is 0 Å². The molecular formula is C13H18F2N2O2. The summed E-state index contributed by atoms with van der Waals surface area (Å²) in [6.45, 7) is 2.66. The second-order valence-electron chi connectivity index (χ2n) is 4.13. The van der Waals surface area contributed by atoms with Crippen molar-refractivity contribution >= 4 is 11.6 Å². The number of hydrogen-bond donors (Lipinski definition) is 2. The highest BCUT2D eigenvalue weighted by Crippen LogP contribution is 2.15. The molecule has 6 heteroatoms. The van der Waals surface area contributed by atoms with E-state index >= 15 is 0 Å². The molecule has 0 bridgehead atoms. The van der Waals surface area contributed by atoms with Crippen LogP contribution in [0, 0.1) is 11.6 Å². The van der Waals surface area contributed by atoms with Crippen LogP contribution in [-0.2, 0) is 9.53 Å². The summed E-state index contributed by atoms with van der Waals surface area (Å²) in [6.07, 6.45) is 0.708. The molecule has 1 aromatic carbocycles. The van der Waals surface area contributed by atoms with Crippen molar-refractivity contribution in [3.8, 4) is 0 Å². The molecule has 2 N–H and O–H groups in total. The summed E-state index contributed by atoms with van der Waals surface area (Å²) in [4.78, 5) is 11.7. The second kappa shape index (κ2) is 7.68. The first kappa shape index (κ1) is 15.4. The van der Waals surface area contributed by atoms with Crippen molar-refractivity contribution in [1.29, 1.82) is 0 Å². The van der Waals surface area contributed by atoms with Crippen molar-refractivity contribution in [2.75, 3.05) is 25.6 Å². The number of ether oxygens (including phenoxy) is 1. The summed E-state index contributed by atoms with van der Waals surface area (Å²) in [5.74, 6) is -1.63. The maximum atomic E-state index is 13.4. The van der Waals surface area contributed by atoms with Gasteiger partial charge in [-0.05, 0) is 25.5 Å². The quantitative estimate of drug-likeness (QED) is 0.746. The van der Waals surface area contributed by atoms with Crippen LogP contribution >= 0.6 is 0 Å². The minimum atomic E-state index is -0.723. The highest BCUT2D eigenvalue weighted by molar-refractivity contribution is 5.84. The molecule has 0 saturated carbocycles. The smallest absolute Gasteiger partial charge is 0.242 e. The van der Waals surface area contributed by atoms with E-state index < -0.39 is 17.7 Å². The fraction of sp³-hybridized carbons (Fsp3) is 0.462. The van der Waals surface area contributed by atoms with Crippen molar-refractivity contribution in [3.05, 3.63) is 29.8 Å². The Labute approximate surface area is 111 Å². The number of methoxy groups -OCH3 is 1. The molecule has 0 fully saturated rings. The standard InChI is InChI=1S/C13H18F2N2O2/c1-9(13(18)16-6-3-7-19-2)17-12-5-4-10(14)8-11(12)15/h4-5,8-9,17H,3,6-7H2,1-2H3,(H,16,18). The Hall–Kier alpha value is -1.69. The molecule has 0 aliphatic heterocycles. The third-order valence-electron chi connectivity index (χ3n) is 2.52. The minimum Gasteiger partial charge on any atom is -0.385 e. The van der Waals surface area contributed by atoms with E-state index in [1.54, 1.807) is 14.0 Å². The molecule has 0 aromatic heterocycles. The van der Waals surface area contributed by atoms with E-state index in [-0.39, 0.29) is 11.6 Å². The molecule has 0 aliphatic carbocycles. The molecule has 0 spiro atoms. The zero-order valence-electron chi connectivity index (χ0n) is 11.0. The number of benzene rings is 1. The fourth-order valence-corrected chi connectivity index (χ4v) is 1.49. The van der Waals surface area contributed by atoms with Gasteiger partial charge in [0.1, 0.15) is 17.7 Å². The van der Waals surface area contributed by atoms with Crippen molar-refractivity contribution in [1.82, 2.24) is 5.32 Å². The molecule has 1 rings (SSSR count). The molecule has 4 nitrogen and oxygen atoms in total. The van der Waals surface area contributed by atoms with Crippen molar-refractivity contribution in [3.63, 3.8) is 0 Å². The predicted molar refractivity (Wildman–Crippen MR) is 68.9 cm³/mol. The maximum absolute atomic E-state index is 13.4. The molecule has 19 heavy (non-hydrogen) atoms. The van der Waals surface area contributed by atoms with Gasteiger partial charge >= 0.3 is 0 Å². The van der Waals surface area contributed by atoms with E-state index in [1.165, 1.54) is 6.07 Å². The van der Waals surface area contributed by atoms with Crippen molar-refractivity contribution < 1.29 is 18.3 Å². The Morgan fingerprint density at radius 1 is 1.42 bits per heavy atom. The molecule has 0 heterocycles. The molecular weight excluding hydrogens is 254 g/mol. The Balaban J connectivity index is 2.45. The third kappa shape index (κ3) is 5.21.